The molecule has 1 saturated heterocycles. The van der Waals surface area contributed by atoms with Gasteiger partial charge in [-0.05, 0) is 57.3 Å². The van der Waals surface area contributed by atoms with Gasteiger partial charge in [-0.1, -0.05) is 0 Å². The Morgan fingerprint density at radius 1 is 1.11 bits per heavy atom. The Labute approximate surface area is 165 Å². The molecule has 0 amide bonds. The summed E-state index contributed by atoms with van der Waals surface area (Å²) in [6.07, 6.45) is 0. The minimum Gasteiger partial charge on any atom is -0.494 e. The van der Waals surface area contributed by atoms with Crippen LogP contribution >= 0.6 is 12.2 Å². The summed E-state index contributed by atoms with van der Waals surface area (Å²) in [6, 6.07) is 6.59. The van der Waals surface area contributed by atoms with Crippen molar-refractivity contribution >= 4 is 22.2 Å². The number of aromatic nitrogens is 1. The van der Waals surface area contributed by atoms with Crippen molar-refractivity contribution in [2.45, 2.75) is 32.3 Å². The van der Waals surface area contributed by atoms with Crippen molar-refractivity contribution in [1.29, 1.82) is 0 Å². The summed E-state index contributed by atoms with van der Waals surface area (Å²) < 4.78 is 40.1. The number of oxazole rings is 1. The van der Waals surface area contributed by atoms with Crippen LogP contribution in [0.25, 0.3) is 0 Å². The Hall–Kier alpha value is -1.68. The molecule has 27 heavy (non-hydrogen) atoms. The standard InChI is InChI=1S/C18H25N3O4S2/c1-4-24-16-5-7-17(8-6-16)27(22,23)20-11-9-19(10-12-20)13-21-14(2)15(3)25-18(21)26/h5-8H,4,9-13H2,1-3H3. The molecule has 0 N–H and O–H groups in total. The maximum absolute atomic E-state index is 12.9. The molecular weight excluding hydrogens is 386 g/mol. The summed E-state index contributed by atoms with van der Waals surface area (Å²) >= 11 is 5.26. The van der Waals surface area contributed by atoms with Gasteiger partial charge in [-0.3, -0.25) is 9.47 Å². The van der Waals surface area contributed by atoms with Crippen LogP contribution in [-0.4, -0.2) is 55.0 Å². The van der Waals surface area contributed by atoms with Gasteiger partial charge in [0.15, 0.2) is 0 Å². The van der Waals surface area contributed by atoms with E-state index < -0.39 is 10.0 Å². The maximum atomic E-state index is 12.9. The largest absolute Gasteiger partial charge is 0.494 e. The number of aryl methyl sites for hydroxylation is 1. The van der Waals surface area contributed by atoms with Crippen molar-refractivity contribution in [3.63, 3.8) is 0 Å². The number of hydrogen-bond acceptors (Lipinski definition) is 6. The highest BCUT2D eigenvalue weighted by Gasteiger charge is 2.28. The SMILES string of the molecule is CCOc1ccc(S(=O)(=O)N2CCN(Cn3c(C)c(C)oc3=S)CC2)cc1. The molecule has 0 unspecified atom stereocenters. The first-order valence-electron chi connectivity index (χ1n) is 8.95. The van der Waals surface area contributed by atoms with E-state index in [0.717, 1.165) is 11.5 Å². The molecule has 1 aromatic heterocycles. The van der Waals surface area contributed by atoms with E-state index in [4.69, 9.17) is 21.4 Å². The molecule has 2 aromatic rings. The highest BCUT2D eigenvalue weighted by atomic mass is 32.2. The average Bonchev–Trinajstić information content (AvgIpc) is 2.89. The lowest BCUT2D eigenvalue weighted by atomic mass is 10.3. The van der Waals surface area contributed by atoms with Crippen molar-refractivity contribution in [1.82, 2.24) is 13.8 Å². The highest BCUT2D eigenvalue weighted by molar-refractivity contribution is 7.89. The predicted molar refractivity (Wildman–Crippen MR) is 105 cm³/mol. The van der Waals surface area contributed by atoms with Gasteiger partial charge >= 0.3 is 0 Å². The molecule has 1 fully saturated rings. The number of ether oxygens (including phenoxy) is 1. The molecule has 1 aromatic carbocycles. The minimum atomic E-state index is -3.50. The summed E-state index contributed by atoms with van der Waals surface area (Å²) in [7, 11) is -3.50. The van der Waals surface area contributed by atoms with Gasteiger partial charge in [0, 0.05) is 26.2 Å². The number of nitrogens with zero attached hydrogens (tertiary/aromatic N) is 3. The Balaban J connectivity index is 1.64. The molecule has 0 aliphatic carbocycles. The Kier molecular flexibility index (Phi) is 6.05. The third-order valence-corrected chi connectivity index (χ3v) is 7.04. The van der Waals surface area contributed by atoms with E-state index >= 15 is 0 Å². The monoisotopic (exact) mass is 411 g/mol. The van der Waals surface area contributed by atoms with Crippen LogP contribution in [0, 0.1) is 18.7 Å². The van der Waals surface area contributed by atoms with Crippen molar-refractivity contribution in [2.75, 3.05) is 32.8 Å². The number of piperazine rings is 1. The van der Waals surface area contributed by atoms with E-state index in [0.29, 0.717) is 54.9 Å². The lowest BCUT2D eigenvalue weighted by Crippen LogP contribution is -2.48. The Morgan fingerprint density at radius 3 is 2.26 bits per heavy atom. The van der Waals surface area contributed by atoms with Gasteiger partial charge in [-0.25, -0.2) is 8.42 Å². The Morgan fingerprint density at radius 2 is 1.74 bits per heavy atom. The van der Waals surface area contributed by atoms with Crippen LogP contribution in [0.2, 0.25) is 0 Å². The van der Waals surface area contributed by atoms with Crippen LogP contribution in [0.5, 0.6) is 5.75 Å². The van der Waals surface area contributed by atoms with E-state index in [1.54, 1.807) is 24.3 Å². The summed E-state index contributed by atoms with van der Waals surface area (Å²) in [5.74, 6) is 1.49. The fourth-order valence-electron chi connectivity index (χ4n) is 3.09. The normalized spacial score (nSPS) is 16.6. The first kappa shape index (κ1) is 20.1. The van der Waals surface area contributed by atoms with Gasteiger partial charge < -0.3 is 9.15 Å². The molecule has 1 aliphatic rings. The van der Waals surface area contributed by atoms with Crippen LogP contribution in [0.15, 0.2) is 33.6 Å². The molecular formula is C18H25N3O4S2. The van der Waals surface area contributed by atoms with Gasteiger partial charge in [-0.2, -0.15) is 4.31 Å². The van der Waals surface area contributed by atoms with E-state index in [2.05, 4.69) is 4.90 Å². The van der Waals surface area contributed by atoms with Crippen molar-refractivity contribution < 1.29 is 17.6 Å². The van der Waals surface area contributed by atoms with E-state index in [1.807, 2.05) is 25.3 Å². The summed E-state index contributed by atoms with van der Waals surface area (Å²) in [6.45, 7) is 9.08. The zero-order chi connectivity index (χ0) is 19.6. The minimum absolute atomic E-state index is 0.294. The molecule has 7 nitrogen and oxygen atoms in total. The van der Waals surface area contributed by atoms with Crippen molar-refractivity contribution in [2.24, 2.45) is 0 Å². The van der Waals surface area contributed by atoms with Gasteiger partial charge in [-0.15, -0.1) is 0 Å². The van der Waals surface area contributed by atoms with Crippen molar-refractivity contribution in [3.05, 3.63) is 40.6 Å². The maximum Gasteiger partial charge on any atom is 0.270 e. The molecule has 148 valence electrons. The third-order valence-electron chi connectivity index (χ3n) is 4.82. The van der Waals surface area contributed by atoms with Crippen LogP contribution in [0.4, 0.5) is 0 Å². The molecule has 9 heteroatoms. The third kappa shape index (κ3) is 4.26. The molecule has 3 rings (SSSR count). The lowest BCUT2D eigenvalue weighted by molar-refractivity contribution is 0.149. The van der Waals surface area contributed by atoms with Crippen LogP contribution in [0.3, 0.4) is 0 Å². The molecule has 0 bridgehead atoms. The number of rotatable bonds is 6. The second-order valence-corrected chi connectivity index (χ2v) is 8.79. The summed E-state index contributed by atoms with van der Waals surface area (Å²) in [5.41, 5.74) is 1.00. The van der Waals surface area contributed by atoms with Gasteiger partial charge in [0.1, 0.15) is 11.5 Å². The van der Waals surface area contributed by atoms with Crippen LogP contribution in [-0.2, 0) is 16.7 Å². The van der Waals surface area contributed by atoms with E-state index in [1.165, 1.54) is 4.31 Å². The molecule has 0 atom stereocenters. The van der Waals surface area contributed by atoms with E-state index in [9.17, 15) is 8.42 Å². The fraction of sp³-hybridized carbons (Fsp3) is 0.500. The van der Waals surface area contributed by atoms with Gasteiger partial charge in [0.2, 0.25) is 10.0 Å². The number of benzene rings is 1. The highest BCUT2D eigenvalue weighted by Crippen LogP contribution is 2.21. The quantitative estimate of drug-likeness (QED) is 0.681. The average molecular weight is 412 g/mol. The van der Waals surface area contributed by atoms with Crippen molar-refractivity contribution in [3.8, 4) is 5.75 Å². The Bertz CT molecular complexity index is 940. The van der Waals surface area contributed by atoms with Crippen LogP contribution < -0.4 is 4.74 Å². The second-order valence-electron chi connectivity index (χ2n) is 6.51. The zero-order valence-electron chi connectivity index (χ0n) is 15.8. The molecule has 0 spiro atoms. The fourth-order valence-corrected chi connectivity index (χ4v) is 4.83. The summed E-state index contributed by atoms with van der Waals surface area (Å²) in [5, 5.41) is 0. The lowest BCUT2D eigenvalue weighted by Gasteiger charge is -2.34. The number of sulfonamides is 1. The number of hydrogen-bond donors (Lipinski definition) is 0. The van der Waals surface area contributed by atoms with Crippen LogP contribution in [0.1, 0.15) is 18.4 Å². The van der Waals surface area contributed by atoms with Gasteiger partial charge in [0.05, 0.1) is 23.9 Å². The smallest absolute Gasteiger partial charge is 0.270 e. The summed E-state index contributed by atoms with van der Waals surface area (Å²) in [4.78, 5) is 2.93. The molecule has 1 aliphatic heterocycles. The second kappa shape index (κ2) is 8.14. The zero-order valence-corrected chi connectivity index (χ0v) is 17.5. The molecule has 2 heterocycles. The molecule has 0 radical (unpaired) electrons. The van der Waals surface area contributed by atoms with Gasteiger partial charge in [0.25, 0.3) is 4.84 Å². The molecule has 0 saturated carbocycles. The predicted octanol–water partition coefficient (Wildman–Crippen LogP) is 2.79. The first-order chi connectivity index (χ1) is 12.8. The topological polar surface area (TPSA) is 67.9 Å². The first-order valence-corrected chi connectivity index (χ1v) is 10.8. The van der Waals surface area contributed by atoms with E-state index in [-0.39, 0.29) is 0 Å².